The quantitative estimate of drug-likeness (QED) is 0.477. The van der Waals surface area contributed by atoms with Gasteiger partial charge in [0.05, 0.1) is 39.9 Å². The first-order valence-electron chi connectivity index (χ1n) is 9.33. The molecule has 164 valence electrons. The summed E-state index contributed by atoms with van der Waals surface area (Å²) in [5, 5.41) is 11.6. The third kappa shape index (κ3) is 5.21. The van der Waals surface area contributed by atoms with Crippen molar-refractivity contribution in [3.05, 3.63) is 48.3 Å². The fourth-order valence-corrected chi connectivity index (χ4v) is 3.69. The second-order valence-corrected chi connectivity index (χ2v) is 7.20. The van der Waals surface area contributed by atoms with E-state index >= 15 is 0 Å². The molecule has 1 N–H and O–H groups in total. The summed E-state index contributed by atoms with van der Waals surface area (Å²) < 4.78 is 23.2. The van der Waals surface area contributed by atoms with Crippen LogP contribution in [-0.4, -0.2) is 54.9 Å². The number of thioether (sulfide) groups is 1. The first kappa shape index (κ1) is 22.3. The Balaban J connectivity index is 1.63. The summed E-state index contributed by atoms with van der Waals surface area (Å²) in [6.45, 7) is 0.315. The number of para-hydroxylation sites is 2. The molecular formula is C21H24N4O5S. The van der Waals surface area contributed by atoms with Crippen LogP contribution in [0, 0.1) is 0 Å². The Hall–Kier alpha value is -3.40. The Morgan fingerprint density at radius 1 is 1.00 bits per heavy atom. The molecule has 0 radical (unpaired) electrons. The molecule has 0 fully saturated rings. The van der Waals surface area contributed by atoms with Crippen molar-refractivity contribution in [2.24, 2.45) is 0 Å². The van der Waals surface area contributed by atoms with Crippen molar-refractivity contribution in [3.63, 3.8) is 0 Å². The topological polar surface area (TPSA) is 96.7 Å². The molecule has 0 aliphatic carbocycles. The van der Waals surface area contributed by atoms with E-state index in [0.717, 1.165) is 11.3 Å². The minimum Gasteiger partial charge on any atom is -0.495 e. The first-order valence-corrected chi connectivity index (χ1v) is 10.3. The van der Waals surface area contributed by atoms with E-state index in [4.69, 9.17) is 18.9 Å². The highest BCUT2D eigenvalue weighted by molar-refractivity contribution is 7.99. The van der Waals surface area contributed by atoms with Crippen LogP contribution in [0.2, 0.25) is 0 Å². The molecule has 9 nitrogen and oxygen atoms in total. The molecule has 3 rings (SSSR count). The van der Waals surface area contributed by atoms with Gasteiger partial charge in [0.25, 0.3) is 0 Å². The van der Waals surface area contributed by atoms with Crippen LogP contribution in [0.1, 0.15) is 5.56 Å². The molecule has 0 bridgehead atoms. The Morgan fingerprint density at radius 3 is 2.32 bits per heavy atom. The van der Waals surface area contributed by atoms with Gasteiger partial charge in [-0.25, -0.2) is 0 Å². The Labute approximate surface area is 184 Å². The van der Waals surface area contributed by atoms with Crippen LogP contribution in [0.25, 0.3) is 5.69 Å². The Morgan fingerprint density at radius 2 is 1.68 bits per heavy atom. The lowest BCUT2D eigenvalue weighted by molar-refractivity contribution is -0.118. The summed E-state index contributed by atoms with van der Waals surface area (Å²) in [4.78, 5) is 12.4. The lowest BCUT2D eigenvalue weighted by Crippen LogP contribution is -2.24. The number of hydrogen-bond donors (Lipinski definition) is 1. The normalized spacial score (nSPS) is 10.5. The summed E-state index contributed by atoms with van der Waals surface area (Å²) in [6, 6.07) is 11.1. The third-order valence-corrected chi connectivity index (χ3v) is 5.35. The number of ether oxygens (including phenoxy) is 4. The van der Waals surface area contributed by atoms with Crippen molar-refractivity contribution in [1.29, 1.82) is 0 Å². The van der Waals surface area contributed by atoms with Crippen molar-refractivity contribution in [2.45, 2.75) is 11.7 Å². The summed E-state index contributed by atoms with van der Waals surface area (Å²) >= 11 is 1.28. The summed E-state index contributed by atoms with van der Waals surface area (Å²) in [6.07, 6.45) is 1.59. The number of benzene rings is 2. The molecule has 3 aromatic rings. The van der Waals surface area contributed by atoms with Crippen molar-refractivity contribution < 1.29 is 23.7 Å². The first-order chi connectivity index (χ1) is 15.1. The van der Waals surface area contributed by atoms with Gasteiger partial charge >= 0.3 is 0 Å². The minimum absolute atomic E-state index is 0.145. The highest BCUT2D eigenvalue weighted by Gasteiger charge is 2.15. The van der Waals surface area contributed by atoms with Crippen LogP contribution in [0.15, 0.2) is 47.9 Å². The predicted octanol–water partition coefficient (Wildman–Crippen LogP) is 2.71. The second-order valence-electron chi connectivity index (χ2n) is 6.25. The molecule has 0 unspecified atom stereocenters. The van der Waals surface area contributed by atoms with Gasteiger partial charge in [0.15, 0.2) is 16.7 Å². The Kier molecular flexibility index (Phi) is 7.60. The zero-order chi connectivity index (χ0) is 22.2. The third-order valence-electron chi connectivity index (χ3n) is 4.41. The maximum atomic E-state index is 12.4. The van der Waals surface area contributed by atoms with Crippen LogP contribution >= 0.6 is 11.8 Å². The van der Waals surface area contributed by atoms with Crippen LogP contribution in [0.4, 0.5) is 0 Å². The van der Waals surface area contributed by atoms with Crippen molar-refractivity contribution in [2.75, 3.05) is 34.2 Å². The van der Waals surface area contributed by atoms with E-state index < -0.39 is 0 Å². The van der Waals surface area contributed by atoms with E-state index in [9.17, 15) is 4.79 Å². The minimum atomic E-state index is -0.145. The molecule has 31 heavy (non-hydrogen) atoms. The molecular weight excluding hydrogens is 420 g/mol. The highest BCUT2D eigenvalue weighted by atomic mass is 32.2. The molecule has 1 heterocycles. The summed E-state index contributed by atoms with van der Waals surface area (Å²) in [5.74, 6) is 2.30. The second kappa shape index (κ2) is 10.6. The average Bonchev–Trinajstić information content (AvgIpc) is 3.28. The van der Waals surface area contributed by atoms with Gasteiger partial charge in [-0.15, -0.1) is 10.2 Å². The maximum Gasteiger partial charge on any atom is 0.230 e. The number of methoxy groups -OCH3 is 4. The fourth-order valence-electron chi connectivity index (χ4n) is 2.94. The smallest absolute Gasteiger partial charge is 0.230 e. The number of hydrogen-bond acceptors (Lipinski definition) is 8. The number of nitrogens with zero attached hydrogens (tertiary/aromatic N) is 3. The Bertz CT molecular complexity index is 1020. The van der Waals surface area contributed by atoms with Crippen molar-refractivity contribution in [1.82, 2.24) is 20.1 Å². The van der Waals surface area contributed by atoms with Gasteiger partial charge < -0.3 is 24.3 Å². The van der Waals surface area contributed by atoms with Crippen molar-refractivity contribution in [3.8, 4) is 28.7 Å². The summed E-state index contributed by atoms with van der Waals surface area (Å²) in [5.41, 5.74) is 1.63. The molecule has 1 amide bonds. The zero-order valence-corrected chi connectivity index (χ0v) is 18.6. The molecule has 2 aromatic carbocycles. The fraction of sp³-hybridized carbons (Fsp3) is 0.286. The van der Waals surface area contributed by atoms with Gasteiger partial charge in [0, 0.05) is 6.54 Å². The molecule has 1 aromatic heterocycles. The SMILES string of the molecule is COc1ccccc1-n1cnnc1SCC(=O)NCc1cc(OC)c(OC)c(OC)c1. The standard InChI is InChI=1S/C21H24N4O5S/c1-27-16-8-6-5-7-15(16)25-13-23-24-21(25)31-12-19(26)22-11-14-9-17(28-2)20(30-4)18(10-14)29-3/h5-10,13H,11-12H2,1-4H3,(H,22,26). The maximum absolute atomic E-state index is 12.4. The lowest BCUT2D eigenvalue weighted by Gasteiger charge is -2.14. The van der Waals surface area contributed by atoms with E-state index in [0.29, 0.717) is 34.7 Å². The van der Waals surface area contributed by atoms with Crippen LogP contribution in [0.5, 0.6) is 23.0 Å². The van der Waals surface area contributed by atoms with Crippen LogP contribution in [0.3, 0.4) is 0 Å². The van der Waals surface area contributed by atoms with Crippen LogP contribution < -0.4 is 24.3 Å². The largest absolute Gasteiger partial charge is 0.495 e. The molecule has 0 saturated heterocycles. The lowest BCUT2D eigenvalue weighted by atomic mass is 10.2. The monoisotopic (exact) mass is 444 g/mol. The molecule has 10 heteroatoms. The van der Waals surface area contributed by atoms with Gasteiger partial charge in [-0.3, -0.25) is 9.36 Å². The molecule has 0 saturated carbocycles. The molecule has 0 spiro atoms. The molecule has 0 aliphatic heterocycles. The van der Waals surface area contributed by atoms with E-state index in [1.54, 1.807) is 51.5 Å². The number of carbonyl (C=O) groups excluding carboxylic acids is 1. The number of nitrogens with one attached hydrogen (secondary N) is 1. The van der Waals surface area contributed by atoms with Gasteiger partial charge in [-0.05, 0) is 29.8 Å². The van der Waals surface area contributed by atoms with Gasteiger partial charge in [0.2, 0.25) is 11.7 Å². The van der Waals surface area contributed by atoms with Gasteiger partial charge in [-0.1, -0.05) is 23.9 Å². The number of aromatic nitrogens is 3. The van der Waals surface area contributed by atoms with E-state index in [1.807, 2.05) is 24.3 Å². The molecule has 0 aliphatic rings. The van der Waals surface area contributed by atoms with E-state index in [1.165, 1.54) is 11.8 Å². The summed E-state index contributed by atoms with van der Waals surface area (Å²) in [7, 11) is 6.25. The average molecular weight is 445 g/mol. The van der Waals surface area contributed by atoms with E-state index in [-0.39, 0.29) is 11.7 Å². The van der Waals surface area contributed by atoms with Crippen molar-refractivity contribution >= 4 is 17.7 Å². The number of carbonyl (C=O) groups is 1. The zero-order valence-electron chi connectivity index (χ0n) is 17.7. The van der Waals surface area contributed by atoms with Gasteiger partial charge in [-0.2, -0.15) is 0 Å². The number of rotatable bonds is 10. The van der Waals surface area contributed by atoms with Gasteiger partial charge in [0.1, 0.15) is 12.1 Å². The number of amides is 1. The highest BCUT2D eigenvalue weighted by Crippen LogP contribution is 2.38. The molecule has 0 atom stereocenters. The van der Waals surface area contributed by atoms with E-state index in [2.05, 4.69) is 15.5 Å². The van der Waals surface area contributed by atoms with Crippen LogP contribution in [-0.2, 0) is 11.3 Å². The predicted molar refractivity (Wildman–Crippen MR) is 117 cm³/mol.